The minimum Gasteiger partial charge on any atom is -0.459 e. The maximum Gasteiger partial charge on any atom is 0.737 e. The molecule has 57 heavy (non-hydrogen) atoms. The van der Waals surface area contributed by atoms with Crippen LogP contribution in [0.15, 0.2) is 90.2 Å². The predicted molar refractivity (Wildman–Crippen MR) is 227 cm³/mol. The smallest absolute Gasteiger partial charge is 0.459 e. The Kier molecular flexibility index (Phi) is 9.80. The van der Waals surface area contributed by atoms with Gasteiger partial charge >= 0.3 is 12.9 Å². The molecule has 8 heteroatoms. The molecule has 5 nitrogen and oxygen atoms in total. The van der Waals surface area contributed by atoms with Crippen LogP contribution in [0, 0.1) is 46.3 Å². The minimum absolute atomic E-state index is 0.126. The molecule has 4 heterocycles. The lowest BCUT2D eigenvalue weighted by molar-refractivity contribution is -0.356. The fourth-order valence-corrected chi connectivity index (χ4v) is 13.0. The third-order valence-corrected chi connectivity index (χ3v) is 15.8. The van der Waals surface area contributed by atoms with Crippen LogP contribution in [0.4, 0.5) is 8.63 Å². The number of ether oxygens (including phenoxy) is 1. The Morgan fingerprint density at radius 3 is 2.60 bits per heavy atom. The van der Waals surface area contributed by atoms with Gasteiger partial charge in [0.15, 0.2) is 5.70 Å². The summed E-state index contributed by atoms with van der Waals surface area (Å²) in [4.78, 5) is 16.5. The molecule has 300 valence electrons. The molecular formula is C49H60BF2N3O2. The van der Waals surface area contributed by atoms with Gasteiger partial charge in [0.2, 0.25) is 0 Å². The highest BCUT2D eigenvalue weighted by molar-refractivity contribution is 6.58. The molecule has 2 aromatic heterocycles. The van der Waals surface area contributed by atoms with Gasteiger partial charge in [-0.25, -0.2) is 4.79 Å². The van der Waals surface area contributed by atoms with E-state index in [2.05, 4.69) is 45.7 Å². The van der Waals surface area contributed by atoms with Gasteiger partial charge in [0.05, 0.1) is 11.3 Å². The number of carbonyl (C=O) groups excluding carboxylic acids is 1. The molecule has 1 unspecified atom stereocenters. The predicted octanol–water partition coefficient (Wildman–Crippen LogP) is 12.1. The number of benzene rings is 1. The summed E-state index contributed by atoms with van der Waals surface area (Å²) in [5.74, 6) is 4.45. The number of carbonyl (C=O) groups is 1. The maximum absolute atomic E-state index is 16.2. The molecule has 3 saturated carbocycles. The highest BCUT2D eigenvalue weighted by atomic mass is 19.2. The highest BCUT2D eigenvalue weighted by Crippen LogP contribution is 2.67. The standard InChI is InChI=1S/C49H60BF2N3O2/c1-32(2)11-9-12-33(3)39-20-21-40-38-19-16-35-31-37(26-28-48(35,4)41(38)27-29-49(39,40)5)57-46(56)25-18-36-17-22-42(53-36)43-23-24-45-47(34-13-7-6-8-14-34)44-15-10-30-54(44)50(51,52)55(43)45/h6-8,10,13-18,22-25,30,32-33,37-41,53H,9,11-12,19-21,26-29,31H2,1-5H3/b25-18-/t33-,37?,38+,39-,40+,41+,48+,49-/m1/s1. The number of nitrogens with one attached hydrogen (secondary N) is 1. The Morgan fingerprint density at radius 2 is 1.79 bits per heavy atom. The highest BCUT2D eigenvalue weighted by Gasteiger charge is 2.59. The maximum atomic E-state index is 16.2. The van der Waals surface area contributed by atoms with Crippen molar-refractivity contribution in [2.45, 2.75) is 111 Å². The molecule has 9 rings (SSSR count). The van der Waals surface area contributed by atoms with Gasteiger partial charge in [0.1, 0.15) is 12.3 Å². The Bertz CT molecular complexity index is 2190. The average Bonchev–Trinajstić information content (AvgIpc) is 4.01. The molecule has 0 bridgehead atoms. The molecule has 2 aliphatic heterocycles. The Labute approximate surface area is 338 Å². The fourth-order valence-electron chi connectivity index (χ4n) is 13.0. The average molecular weight is 772 g/mol. The van der Waals surface area contributed by atoms with Crippen LogP contribution in [-0.2, 0) is 9.53 Å². The van der Waals surface area contributed by atoms with E-state index in [1.54, 1.807) is 36.4 Å². The number of aromatic nitrogens is 2. The van der Waals surface area contributed by atoms with E-state index in [0.29, 0.717) is 33.9 Å². The van der Waals surface area contributed by atoms with Crippen molar-refractivity contribution in [1.29, 1.82) is 0 Å². The first-order chi connectivity index (χ1) is 27.4. The van der Waals surface area contributed by atoms with Crippen LogP contribution in [-0.4, -0.2) is 39.2 Å². The number of hydrogen-bond donors (Lipinski definition) is 1. The van der Waals surface area contributed by atoms with Gasteiger partial charge < -0.3 is 27.3 Å². The summed E-state index contributed by atoms with van der Waals surface area (Å²) < 4.78 is 40.8. The van der Waals surface area contributed by atoms with E-state index in [9.17, 15) is 4.79 Å². The zero-order valence-corrected chi connectivity index (χ0v) is 34.5. The fraction of sp³-hybridized carbons (Fsp3) is 0.510. The Balaban J connectivity index is 0.852. The zero-order valence-electron chi connectivity index (χ0n) is 34.5. The van der Waals surface area contributed by atoms with Crippen LogP contribution in [0.2, 0.25) is 0 Å². The van der Waals surface area contributed by atoms with Crippen molar-refractivity contribution in [2.75, 3.05) is 0 Å². The normalized spacial score (nSPS) is 31.7. The van der Waals surface area contributed by atoms with E-state index in [4.69, 9.17) is 4.74 Å². The van der Waals surface area contributed by atoms with Gasteiger partial charge in [0, 0.05) is 41.7 Å². The lowest BCUT2D eigenvalue weighted by Gasteiger charge is -2.58. The van der Waals surface area contributed by atoms with Crippen LogP contribution in [0.5, 0.6) is 0 Å². The van der Waals surface area contributed by atoms with Gasteiger partial charge in [0.25, 0.3) is 0 Å². The second kappa shape index (κ2) is 14.6. The number of H-pyrrole nitrogens is 1. The molecule has 3 fully saturated rings. The third-order valence-electron chi connectivity index (χ3n) is 15.8. The quantitative estimate of drug-likeness (QED) is 0.0966. The van der Waals surface area contributed by atoms with Gasteiger partial charge in [-0.05, 0) is 127 Å². The second-order valence-electron chi connectivity index (χ2n) is 19.4. The summed E-state index contributed by atoms with van der Waals surface area (Å²) in [6.45, 7) is 8.31. The molecular weight excluding hydrogens is 711 g/mol. The summed E-state index contributed by atoms with van der Waals surface area (Å²) >= 11 is 0. The summed E-state index contributed by atoms with van der Waals surface area (Å²) in [7, 11) is 0. The minimum atomic E-state index is -4.14. The van der Waals surface area contributed by atoms with Crippen LogP contribution in [0.3, 0.4) is 0 Å². The van der Waals surface area contributed by atoms with Crippen LogP contribution in [0.25, 0.3) is 23.0 Å². The number of hydrogen-bond acceptors (Lipinski definition) is 2. The van der Waals surface area contributed by atoms with Crippen molar-refractivity contribution in [3.05, 3.63) is 107 Å². The SMILES string of the molecule is CC(C)CCC[C@@H](C)[C@H]1CC[C@H]2[C@@H]3CC=C4CC(OC(=O)/C=C\c5ccc(-c6ccc7n6[B-](F)(F)[N+]6=CC=CC6=C7c6ccccc6)[nH]5)CC[C@]4(C)[C@H]3CC[C@]12C. The van der Waals surface area contributed by atoms with Crippen LogP contribution < -0.4 is 0 Å². The third kappa shape index (κ3) is 6.48. The summed E-state index contributed by atoms with van der Waals surface area (Å²) in [5.41, 5.74) is 6.40. The number of esters is 1. The number of nitrogens with zero attached hydrogens (tertiary/aromatic N) is 2. The molecule has 3 aromatic rings. The summed E-state index contributed by atoms with van der Waals surface area (Å²) in [6.07, 6.45) is 24.0. The molecule has 0 spiro atoms. The van der Waals surface area contributed by atoms with Crippen LogP contribution in [0.1, 0.15) is 122 Å². The first kappa shape index (κ1) is 38.3. The van der Waals surface area contributed by atoms with Crippen molar-refractivity contribution in [3.8, 4) is 11.4 Å². The monoisotopic (exact) mass is 771 g/mol. The Hall–Kier alpha value is -4.20. The van der Waals surface area contributed by atoms with Crippen molar-refractivity contribution >= 4 is 30.8 Å². The van der Waals surface area contributed by atoms with E-state index in [0.717, 1.165) is 74.9 Å². The van der Waals surface area contributed by atoms with Crippen LogP contribution >= 0.6 is 0 Å². The topological polar surface area (TPSA) is 50.0 Å². The lowest BCUT2D eigenvalue weighted by atomic mass is 9.47. The molecule has 1 N–H and O–H groups in total. The molecule has 4 aliphatic carbocycles. The molecule has 1 aromatic carbocycles. The summed E-state index contributed by atoms with van der Waals surface area (Å²) in [6, 6.07) is 16.8. The van der Waals surface area contributed by atoms with E-state index < -0.39 is 6.97 Å². The van der Waals surface area contributed by atoms with Crippen molar-refractivity contribution in [1.82, 2.24) is 9.46 Å². The van der Waals surface area contributed by atoms with Crippen molar-refractivity contribution in [2.24, 2.45) is 46.3 Å². The van der Waals surface area contributed by atoms with Crippen molar-refractivity contribution in [3.63, 3.8) is 0 Å². The molecule has 0 amide bonds. The van der Waals surface area contributed by atoms with Gasteiger partial charge in [-0.2, -0.15) is 0 Å². The first-order valence-corrected chi connectivity index (χ1v) is 22.0. The van der Waals surface area contributed by atoms with E-state index in [1.165, 1.54) is 69.2 Å². The van der Waals surface area contributed by atoms with E-state index in [-0.39, 0.29) is 17.5 Å². The number of rotatable bonds is 10. The van der Waals surface area contributed by atoms with E-state index >= 15 is 8.63 Å². The number of fused-ring (bicyclic) bond motifs is 7. The number of allylic oxidation sites excluding steroid dienone is 3. The lowest BCUT2D eigenvalue weighted by Crippen LogP contribution is -2.51. The molecule has 8 atom stereocenters. The molecule has 6 aliphatic rings. The van der Waals surface area contributed by atoms with Gasteiger partial charge in [-0.3, -0.25) is 0 Å². The number of aromatic amines is 1. The largest absolute Gasteiger partial charge is 0.737 e. The van der Waals surface area contributed by atoms with Gasteiger partial charge in [-0.15, -0.1) is 0 Å². The molecule has 0 saturated heterocycles. The summed E-state index contributed by atoms with van der Waals surface area (Å²) in [5, 5.41) is 0. The number of halogens is 2. The molecule has 0 radical (unpaired) electrons. The van der Waals surface area contributed by atoms with Gasteiger partial charge in [-0.1, -0.05) is 95.9 Å². The first-order valence-electron chi connectivity index (χ1n) is 22.0. The Morgan fingerprint density at radius 1 is 0.982 bits per heavy atom. The zero-order chi connectivity index (χ0) is 39.7. The second-order valence-corrected chi connectivity index (χ2v) is 19.4. The van der Waals surface area contributed by atoms with E-state index in [1.807, 2.05) is 36.4 Å². The van der Waals surface area contributed by atoms with Crippen molar-refractivity contribution < 1.29 is 22.6 Å².